The van der Waals surface area contributed by atoms with Gasteiger partial charge in [-0.1, -0.05) is 0 Å². The summed E-state index contributed by atoms with van der Waals surface area (Å²) in [6, 6.07) is 3.04. The third-order valence-electron chi connectivity index (χ3n) is 1.73. The van der Waals surface area contributed by atoms with Crippen LogP contribution in [-0.4, -0.2) is 32.1 Å². The summed E-state index contributed by atoms with van der Waals surface area (Å²) in [4.78, 5) is 24.5. The molecule has 1 amide bonds. The Balaban J connectivity index is 2.11. The normalized spacial score (nSPS) is 9.87. The lowest BCUT2D eigenvalue weighted by Gasteiger charge is -2.01. The molecule has 2 aromatic rings. The summed E-state index contributed by atoms with van der Waals surface area (Å²) < 4.78 is 1.31. The number of nitrogens with one attached hydrogen (secondary N) is 2. The Morgan fingerprint density at radius 1 is 1.40 bits per heavy atom. The average molecular weight is 205 g/mol. The van der Waals surface area contributed by atoms with Gasteiger partial charge in [0, 0.05) is 0 Å². The van der Waals surface area contributed by atoms with Gasteiger partial charge < -0.3 is 4.98 Å². The Bertz CT molecular complexity index is 473. The van der Waals surface area contributed by atoms with Crippen LogP contribution in [0.15, 0.2) is 24.8 Å². The minimum atomic E-state index is -0.372. The number of aromatic nitrogens is 4. The van der Waals surface area contributed by atoms with Crippen molar-refractivity contribution in [3.05, 3.63) is 36.2 Å². The van der Waals surface area contributed by atoms with Gasteiger partial charge in [-0.25, -0.2) is 4.68 Å². The van der Waals surface area contributed by atoms with E-state index in [1.807, 2.05) is 0 Å². The predicted molar refractivity (Wildman–Crippen MR) is 49.9 cm³/mol. The third kappa shape index (κ3) is 1.90. The van der Waals surface area contributed by atoms with Crippen molar-refractivity contribution in [2.24, 2.45) is 0 Å². The fraction of sp³-hybridized carbons (Fsp3) is 0. The van der Waals surface area contributed by atoms with Gasteiger partial charge in [0.2, 0.25) is 0 Å². The molecule has 2 N–H and O–H groups in total. The first-order chi connectivity index (χ1) is 7.29. The van der Waals surface area contributed by atoms with Gasteiger partial charge in [0.1, 0.15) is 18.3 Å². The minimum absolute atomic E-state index is 0.297. The molecule has 0 aliphatic rings. The molecule has 0 fully saturated rings. The first-order valence-corrected chi connectivity index (χ1v) is 4.10. The molecule has 0 radical (unpaired) electrons. The third-order valence-corrected chi connectivity index (χ3v) is 1.73. The van der Waals surface area contributed by atoms with Crippen LogP contribution in [0.4, 0.5) is 0 Å². The van der Waals surface area contributed by atoms with E-state index in [2.05, 4.69) is 20.6 Å². The highest BCUT2D eigenvalue weighted by Crippen LogP contribution is 1.99. The molecule has 0 unspecified atom stereocenters. The lowest BCUT2D eigenvalue weighted by Crippen LogP contribution is -2.21. The number of carbonyl (C=O) groups is 2. The zero-order valence-electron chi connectivity index (χ0n) is 7.54. The summed E-state index contributed by atoms with van der Waals surface area (Å²) >= 11 is 0. The van der Waals surface area contributed by atoms with Crippen LogP contribution >= 0.6 is 0 Å². The summed E-state index contributed by atoms with van der Waals surface area (Å²) in [5.74, 6) is -0.372. The van der Waals surface area contributed by atoms with E-state index >= 15 is 0 Å². The van der Waals surface area contributed by atoms with Crippen molar-refractivity contribution in [1.29, 1.82) is 0 Å². The fourth-order valence-corrected chi connectivity index (χ4v) is 1.05. The van der Waals surface area contributed by atoms with E-state index in [0.717, 1.165) is 0 Å². The second-order valence-electron chi connectivity index (χ2n) is 2.76. The lowest BCUT2D eigenvalue weighted by atomic mass is 10.4. The van der Waals surface area contributed by atoms with E-state index in [0.29, 0.717) is 17.7 Å². The van der Waals surface area contributed by atoms with Crippen molar-refractivity contribution in [3.63, 3.8) is 0 Å². The van der Waals surface area contributed by atoms with E-state index in [4.69, 9.17) is 0 Å². The molecular weight excluding hydrogens is 198 g/mol. The molecule has 76 valence electrons. The van der Waals surface area contributed by atoms with Crippen LogP contribution in [0.5, 0.6) is 0 Å². The van der Waals surface area contributed by atoms with E-state index in [1.54, 1.807) is 0 Å². The number of carbonyl (C=O) groups excluding carboxylic acids is 2. The highest BCUT2D eigenvalue weighted by Gasteiger charge is 2.07. The van der Waals surface area contributed by atoms with Gasteiger partial charge in [0.15, 0.2) is 6.29 Å². The smallest absolute Gasteiger partial charge is 0.286 e. The van der Waals surface area contributed by atoms with Crippen LogP contribution < -0.4 is 5.43 Å². The zero-order chi connectivity index (χ0) is 10.7. The quantitative estimate of drug-likeness (QED) is 0.679. The van der Waals surface area contributed by atoms with E-state index in [-0.39, 0.29) is 5.91 Å². The molecule has 0 aliphatic carbocycles. The Hall–Kier alpha value is -2.44. The molecule has 0 spiro atoms. The van der Waals surface area contributed by atoms with Crippen molar-refractivity contribution in [1.82, 2.24) is 19.9 Å². The minimum Gasteiger partial charge on any atom is -0.348 e. The first kappa shape index (κ1) is 9.13. The van der Waals surface area contributed by atoms with Gasteiger partial charge >= 0.3 is 0 Å². The van der Waals surface area contributed by atoms with Crippen molar-refractivity contribution in [2.75, 3.05) is 5.43 Å². The maximum Gasteiger partial charge on any atom is 0.286 e. The Morgan fingerprint density at radius 3 is 2.73 bits per heavy atom. The molecule has 2 heterocycles. The van der Waals surface area contributed by atoms with Gasteiger partial charge in [0.25, 0.3) is 5.91 Å². The summed E-state index contributed by atoms with van der Waals surface area (Å²) in [7, 11) is 0. The van der Waals surface area contributed by atoms with E-state index < -0.39 is 0 Å². The molecule has 0 saturated carbocycles. The molecule has 0 aliphatic heterocycles. The Morgan fingerprint density at radius 2 is 2.13 bits per heavy atom. The maximum atomic E-state index is 11.5. The highest BCUT2D eigenvalue weighted by molar-refractivity contribution is 5.99. The van der Waals surface area contributed by atoms with Gasteiger partial charge in [0.05, 0.1) is 5.69 Å². The van der Waals surface area contributed by atoms with Crippen molar-refractivity contribution < 1.29 is 9.59 Å². The Labute approximate surface area is 84.1 Å². The number of rotatable bonds is 3. The number of aldehydes is 1. The number of H-pyrrole nitrogens is 1. The zero-order valence-corrected chi connectivity index (χ0v) is 7.54. The fourth-order valence-electron chi connectivity index (χ4n) is 1.05. The second-order valence-corrected chi connectivity index (χ2v) is 2.76. The summed E-state index contributed by atoms with van der Waals surface area (Å²) in [5.41, 5.74) is 3.13. The molecular formula is C8H7N5O2. The molecule has 15 heavy (non-hydrogen) atoms. The predicted octanol–water partition coefficient (Wildman–Crippen LogP) is -0.197. The maximum absolute atomic E-state index is 11.5. The molecule has 7 nitrogen and oxygen atoms in total. The topological polar surface area (TPSA) is 92.7 Å². The lowest BCUT2D eigenvalue weighted by molar-refractivity contribution is 0.100. The van der Waals surface area contributed by atoms with Crippen LogP contribution in [0.3, 0.4) is 0 Å². The van der Waals surface area contributed by atoms with Crippen LogP contribution in [0, 0.1) is 0 Å². The SMILES string of the molecule is O=Cc1ccc(C(=O)Nn2cnnc2)[nH]1. The molecule has 0 saturated heterocycles. The number of hydrogen-bond donors (Lipinski definition) is 2. The van der Waals surface area contributed by atoms with E-state index in [9.17, 15) is 9.59 Å². The summed E-state index contributed by atoms with van der Waals surface area (Å²) in [5, 5.41) is 7.04. The molecule has 2 aromatic heterocycles. The van der Waals surface area contributed by atoms with E-state index in [1.165, 1.54) is 29.5 Å². The first-order valence-electron chi connectivity index (χ1n) is 4.10. The second kappa shape index (κ2) is 3.74. The molecule has 0 atom stereocenters. The Kier molecular flexibility index (Phi) is 2.28. The molecule has 0 bridgehead atoms. The highest BCUT2D eigenvalue weighted by atomic mass is 16.2. The van der Waals surface area contributed by atoms with Crippen molar-refractivity contribution in [3.8, 4) is 0 Å². The average Bonchev–Trinajstić information content (AvgIpc) is 2.86. The van der Waals surface area contributed by atoms with Crippen LogP contribution in [-0.2, 0) is 0 Å². The standard InChI is InChI=1S/C8H7N5O2/c14-3-6-1-2-7(11-6)8(15)12-13-4-9-10-5-13/h1-5,11H,(H,12,15). The molecule has 2 rings (SSSR count). The van der Waals surface area contributed by atoms with Crippen LogP contribution in [0.2, 0.25) is 0 Å². The number of nitrogens with zero attached hydrogens (tertiary/aromatic N) is 3. The summed E-state index contributed by atoms with van der Waals surface area (Å²) in [6.45, 7) is 0. The van der Waals surface area contributed by atoms with Crippen LogP contribution in [0.25, 0.3) is 0 Å². The summed E-state index contributed by atoms with van der Waals surface area (Å²) in [6.07, 6.45) is 3.33. The van der Waals surface area contributed by atoms with Crippen molar-refractivity contribution >= 4 is 12.2 Å². The molecule has 0 aromatic carbocycles. The largest absolute Gasteiger partial charge is 0.348 e. The van der Waals surface area contributed by atoms with Crippen molar-refractivity contribution in [2.45, 2.75) is 0 Å². The van der Waals surface area contributed by atoms with Gasteiger partial charge in [-0.3, -0.25) is 15.0 Å². The number of amides is 1. The number of aromatic amines is 1. The van der Waals surface area contributed by atoms with Crippen LogP contribution in [0.1, 0.15) is 21.0 Å². The van der Waals surface area contributed by atoms with Gasteiger partial charge in [-0.05, 0) is 12.1 Å². The molecule has 7 heteroatoms. The number of hydrogen-bond acceptors (Lipinski definition) is 4. The van der Waals surface area contributed by atoms with Gasteiger partial charge in [-0.15, -0.1) is 10.2 Å². The van der Waals surface area contributed by atoms with Gasteiger partial charge in [-0.2, -0.15) is 0 Å². The monoisotopic (exact) mass is 205 g/mol.